The summed E-state index contributed by atoms with van der Waals surface area (Å²) in [7, 11) is 0. The zero-order valence-corrected chi connectivity index (χ0v) is 10.2. The molecule has 83 valence electrons. The van der Waals surface area contributed by atoms with Gasteiger partial charge in [-0.2, -0.15) is 0 Å². The highest BCUT2D eigenvalue weighted by Crippen LogP contribution is 2.13. The molecule has 0 N–H and O–H groups in total. The van der Waals surface area contributed by atoms with E-state index in [9.17, 15) is 0 Å². The zero-order valence-electron chi connectivity index (χ0n) is 10.2. The summed E-state index contributed by atoms with van der Waals surface area (Å²) in [5.74, 6) is 0. The molecule has 0 unspecified atom stereocenters. The summed E-state index contributed by atoms with van der Waals surface area (Å²) < 4.78 is 0. The van der Waals surface area contributed by atoms with Crippen molar-refractivity contribution in [1.82, 2.24) is 0 Å². The minimum Gasteiger partial charge on any atom is -0.0588 e. The van der Waals surface area contributed by atoms with Crippen LogP contribution in [0.25, 0.3) is 0 Å². The van der Waals surface area contributed by atoms with Gasteiger partial charge in [-0.05, 0) is 43.4 Å². The molecule has 1 aromatic rings. The first-order chi connectivity index (χ1) is 7.24. The van der Waals surface area contributed by atoms with Crippen molar-refractivity contribution in [2.75, 3.05) is 0 Å². The van der Waals surface area contributed by atoms with E-state index < -0.39 is 0 Å². The molecule has 0 saturated carbocycles. The van der Waals surface area contributed by atoms with Crippen LogP contribution in [0.15, 0.2) is 18.2 Å². The van der Waals surface area contributed by atoms with Gasteiger partial charge in [0.05, 0.1) is 0 Å². The third kappa shape index (κ3) is 4.51. The monoisotopic (exact) mass is 203 g/mol. The quantitative estimate of drug-likeness (QED) is 0.591. The third-order valence-corrected chi connectivity index (χ3v) is 3.04. The van der Waals surface area contributed by atoms with Crippen LogP contribution in [0.5, 0.6) is 0 Å². The summed E-state index contributed by atoms with van der Waals surface area (Å²) in [4.78, 5) is 0. The predicted octanol–water partition coefficient (Wildman–Crippen LogP) is 4.63. The SMILES string of the molecule is [CH2]CCCCCCc1ccc(C)c(C)c1. The van der Waals surface area contributed by atoms with Crippen molar-refractivity contribution in [3.8, 4) is 0 Å². The van der Waals surface area contributed by atoms with Gasteiger partial charge >= 0.3 is 0 Å². The minimum absolute atomic E-state index is 1.09. The van der Waals surface area contributed by atoms with E-state index in [1.54, 1.807) is 0 Å². The van der Waals surface area contributed by atoms with Crippen molar-refractivity contribution in [3.05, 3.63) is 41.8 Å². The Balaban J connectivity index is 2.28. The molecule has 0 bridgehead atoms. The molecule has 0 aromatic heterocycles. The molecule has 0 nitrogen and oxygen atoms in total. The molecule has 0 aliphatic carbocycles. The van der Waals surface area contributed by atoms with Gasteiger partial charge < -0.3 is 0 Å². The molecule has 0 amide bonds. The Morgan fingerprint density at radius 3 is 2.33 bits per heavy atom. The van der Waals surface area contributed by atoms with Crippen molar-refractivity contribution in [2.24, 2.45) is 0 Å². The number of hydrogen-bond donors (Lipinski definition) is 0. The van der Waals surface area contributed by atoms with Crippen LogP contribution in [-0.4, -0.2) is 0 Å². The summed E-state index contributed by atoms with van der Waals surface area (Å²) >= 11 is 0. The molecule has 0 atom stereocenters. The molecule has 0 spiro atoms. The number of benzene rings is 1. The first-order valence-corrected chi connectivity index (χ1v) is 6.09. The Morgan fingerprint density at radius 2 is 1.67 bits per heavy atom. The second-order valence-electron chi connectivity index (χ2n) is 4.44. The topological polar surface area (TPSA) is 0 Å². The van der Waals surface area contributed by atoms with Crippen molar-refractivity contribution < 1.29 is 0 Å². The van der Waals surface area contributed by atoms with Gasteiger partial charge in [0.25, 0.3) is 0 Å². The van der Waals surface area contributed by atoms with Gasteiger partial charge in [0.1, 0.15) is 0 Å². The van der Waals surface area contributed by atoms with Crippen LogP contribution in [0.3, 0.4) is 0 Å². The molecule has 15 heavy (non-hydrogen) atoms. The fourth-order valence-electron chi connectivity index (χ4n) is 1.82. The van der Waals surface area contributed by atoms with E-state index in [1.807, 2.05) is 0 Å². The van der Waals surface area contributed by atoms with Crippen LogP contribution in [0.1, 0.15) is 48.8 Å². The lowest BCUT2D eigenvalue weighted by Gasteiger charge is -2.05. The summed E-state index contributed by atoms with van der Waals surface area (Å²) in [6.07, 6.45) is 7.62. The standard InChI is InChI=1S/C15H23/c1-4-5-6-7-8-9-15-11-10-13(2)14(3)12-15/h10-12H,1,4-9H2,2-3H3. The normalized spacial score (nSPS) is 10.6. The lowest BCUT2D eigenvalue weighted by Crippen LogP contribution is -1.89. The molecule has 0 heteroatoms. The highest BCUT2D eigenvalue weighted by atomic mass is 14.0. The summed E-state index contributed by atoms with van der Waals surface area (Å²) in [5, 5.41) is 0. The first kappa shape index (κ1) is 12.3. The van der Waals surface area contributed by atoms with Gasteiger partial charge in [-0.3, -0.25) is 0 Å². The Kier molecular flexibility index (Phi) is 5.45. The van der Waals surface area contributed by atoms with E-state index in [4.69, 9.17) is 0 Å². The van der Waals surface area contributed by atoms with E-state index in [0.717, 1.165) is 6.42 Å². The van der Waals surface area contributed by atoms with Crippen LogP contribution in [-0.2, 0) is 6.42 Å². The van der Waals surface area contributed by atoms with Crippen LogP contribution in [0, 0.1) is 20.8 Å². The maximum absolute atomic E-state index is 3.86. The zero-order chi connectivity index (χ0) is 11.1. The molecule has 0 heterocycles. The maximum Gasteiger partial charge on any atom is -0.0279 e. The third-order valence-electron chi connectivity index (χ3n) is 3.04. The molecule has 1 aromatic carbocycles. The number of aryl methyl sites for hydroxylation is 3. The van der Waals surface area contributed by atoms with E-state index in [2.05, 4.69) is 39.0 Å². The Labute approximate surface area is 94.7 Å². The molecule has 0 fully saturated rings. The van der Waals surface area contributed by atoms with E-state index in [1.165, 1.54) is 48.8 Å². The van der Waals surface area contributed by atoms with E-state index >= 15 is 0 Å². The number of unbranched alkanes of at least 4 members (excludes halogenated alkanes) is 4. The average molecular weight is 203 g/mol. The highest BCUT2D eigenvalue weighted by Gasteiger charge is 1.96. The molecule has 0 aliphatic heterocycles. The van der Waals surface area contributed by atoms with Crippen LogP contribution >= 0.6 is 0 Å². The van der Waals surface area contributed by atoms with Crippen molar-refractivity contribution in [2.45, 2.75) is 52.4 Å². The number of rotatable bonds is 6. The van der Waals surface area contributed by atoms with Crippen LogP contribution in [0.2, 0.25) is 0 Å². The molecule has 1 radical (unpaired) electrons. The summed E-state index contributed by atoms with van der Waals surface area (Å²) in [6.45, 7) is 8.23. The second kappa shape index (κ2) is 6.66. The lowest BCUT2D eigenvalue weighted by molar-refractivity contribution is 0.645. The average Bonchev–Trinajstić information content (AvgIpc) is 2.23. The fourth-order valence-corrected chi connectivity index (χ4v) is 1.82. The Bertz CT molecular complexity index is 286. The second-order valence-corrected chi connectivity index (χ2v) is 4.44. The fraction of sp³-hybridized carbons (Fsp3) is 0.533. The molecular formula is C15H23. The maximum atomic E-state index is 3.86. The molecular weight excluding hydrogens is 180 g/mol. The highest BCUT2D eigenvalue weighted by molar-refractivity contribution is 5.29. The van der Waals surface area contributed by atoms with Gasteiger partial charge in [-0.1, -0.05) is 50.8 Å². The van der Waals surface area contributed by atoms with Crippen molar-refractivity contribution in [3.63, 3.8) is 0 Å². The van der Waals surface area contributed by atoms with Gasteiger partial charge in [-0.15, -0.1) is 0 Å². The summed E-state index contributed by atoms with van der Waals surface area (Å²) in [6, 6.07) is 6.83. The molecule has 0 saturated heterocycles. The Morgan fingerprint density at radius 1 is 0.933 bits per heavy atom. The van der Waals surface area contributed by atoms with Crippen molar-refractivity contribution in [1.29, 1.82) is 0 Å². The van der Waals surface area contributed by atoms with E-state index in [-0.39, 0.29) is 0 Å². The molecule has 1 rings (SSSR count). The predicted molar refractivity (Wildman–Crippen MR) is 68.1 cm³/mol. The molecule has 0 aliphatic rings. The largest absolute Gasteiger partial charge is 0.0588 e. The van der Waals surface area contributed by atoms with Gasteiger partial charge in [0.2, 0.25) is 0 Å². The summed E-state index contributed by atoms with van der Waals surface area (Å²) in [5.41, 5.74) is 4.31. The minimum atomic E-state index is 1.09. The van der Waals surface area contributed by atoms with E-state index in [0.29, 0.717) is 0 Å². The number of hydrogen-bond acceptors (Lipinski definition) is 0. The van der Waals surface area contributed by atoms with Gasteiger partial charge in [0, 0.05) is 0 Å². The lowest BCUT2D eigenvalue weighted by atomic mass is 10.0. The van der Waals surface area contributed by atoms with Crippen LogP contribution < -0.4 is 0 Å². The van der Waals surface area contributed by atoms with Crippen LogP contribution in [0.4, 0.5) is 0 Å². The smallest absolute Gasteiger partial charge is 0.0279 e. The first-order valence-electron chi connectivity index (χ1n) is 6.09. The van der Waals surface area contributed by atoms with Gasteiger partial charge in [0.15, 0.2) is 0 Å². The van der Waals surface area contributed by atoms with Crippen molar-refractivity contribution >= 4 is 0 Å². The Hall–Kier alpha value is -0.780. The van der Waals surface area contributed by atoms with Gasteiger partial charge in [-0.25, -0.2) is 0 Å².